The van der Waals surface area contributed by atoms with Crippen molar-refractivity contribution in [3.8, 4) is 0 Å². The van der Waals surface area contributed by atoms with Gasteiger partial charge in [0.2, 0.25) is 0 Å². The summed E-state index contributed by atoms with van der Waals surface area (Å²) in [7, 11) is 2.94. The number of methoxy groups -OCH3 is 1. The summed E-state index contributed by atoms with van der Waals surface area (Å²) in [5.41, 5.74) is 0.885. The number of hydrogen-bond acceptors (Lipinski definition) is 5. The second kappa shape index (κ2) is 12.5. The van der Waals surface area contributed by atoms with Crippen molar-refractivity contribution in [2.75, 3.05) is 14.2 Å². The monoisotopic (exact) mass is 275 g/mol. The lowest BCUT2D eigenvalue weighted by atomic mass is 10.1. The molecule has 0 spiro atoms. The van der Waals surface area contributed by atoms with Gasteiger partial charge in [0.15, 0.2) is 6.10 Å². The van der Waals surface area contributed by atoms with Gasteiger partial charge in [-0.1, -0.05) is 27.7 Å². The summed E-state index contributed by atoms with van der Waals surface area (Å²) in [6, 6.07) is 1.45. The van der Waals surface area contributed by atoms with Crippen LogP contribution >= 0.6 is 11.3 Å². The zero-order valence-corrected chi connectivity index (χ0v) is 12.9. The number of carbonyl (C=O) groups is 1. The molecular weight excluding hydrogens is 250 g/mol. The first-order chi connectivity index (χ1) is 8.70. The molecule has 1 aromatic heterocycles. The summed E-state index contributed by atoms with van der Waals surface area (Å²) in [4.78, 5) is 11.1. The van der Waals surface area contributed by atoms with E-state index < -0.39 is 18.1 Å². The number of esters is 1. The third-order valence-electron chi connectivity index (χ3n) is 1.97. The highest BCUT2D eigenvalue weighted by atomic mass is 32.1. The van der Waals surface area contributed by atoms with E-state index in [-0.39, 0.29) is 0 Å². The first kappa shape index (κ1) is 19.4. The normalized spacial score (nSPS) is 12.2. The Morgan fingerprint density at radius 1 is 1.39 bits per heavy atom. The van der Waals surface area contributed by atoms with Crippen molar-refractivity contribution in [2.45, 2.75) is 39.8 Å². The van der Waals surface area contributed by atoms with Gasteiger partial charge >= 0.3 is 5.97 Å². The molecule has 18 heavy (non-hydrogen) atoms. The molecule has 2 atom stereocenters. The van der Waals surface area contributed by atoms with Crippen LogP contribution in [0, 0.1) is 0 Å². The molecule has 0 fully saturated rings. The number of aliphatic hydroxyl groups is 1. The molecule has 1 rings (SSSR count). The van der Waals surface area contributed by atoms with Crippen molar-refractivity contribution >= 4 is 17.3 Å². The van der Waals surface area contributed by atoms with Crippen LogP contribution in [0.2, 0.25) is 0 Å². The van der Waals surface area contributed by atoms with Crippen LogP contribution in [-0.2, 0) is 9.53 Å². The maximum Gasteiger partial charge on any atom is 0.336 e. The van der Waals surface area contributed by atoms with Gasteiger partial charge < -0.3 is 15.2 Å². The van der Waals surface area contributed by atoms with Gasteiger partial charge in [-0.3, -0.25) is 0 Å². The Morgan fingerprint density at radius 2 is 1.94 bits per heavy atom. The second-order valence-electron chi connectivity index (χ2n) is 2.79. The maximum atomic E-state index is 11.1. The van der Waals surface area contributed by atoms with Crippen molar-refractivity contribution in [3.63, 3.8) is 0 Å². The Hall–Kier alpha value is -0.910. The zero-order chi connectivity index (χ0) is 14.6. The number of aliphatic hydroxyl groups excluding tert-OH is 1. The third-order valence-corrected chi connectivity index (χ3v) is 2.67. The highest BCUT2D eigenvalue weighted by Gasteiger charge is 2.27. The van der Waals surface area contributed by atoms with Crippen LogP contribution < -0.4 is 5.32 Å². The fourth-order valence-electron chi connectivity index (χ4n) is 1.22. The third kappa shape index (κ3) is 6.14. The summed E-state index contributed by atoms with van der Waals surface area (Å²) in [6.45, 7) is 8.00. The van der Waals surface area contributed by atoms with Gasteiger partial charge in [-0.2, -0.15) is 11.3 Å². The van der Waals surface area contributed by atoms with Crippen LogP contribution in [0.25, 0.3) is 0 Å². The predicted molar refractivity (Wildman–Crippen MR) is 76.8 cm³/mol. The van der Waals surface area contributed by atoms with E-state index in [9.17, 15) is 9.90 Å². The van der Waals surface area contributed by atoms with Crippen molar-refractivity contribution in [1.82, 2.24) is 5.32 Å². The Bertz CT molecular complexity index is 288. The highest BCUT2D eigenvalue weighted by molar-refractivity contribution is 7.07. The Balaban J connectivity index is 0. The molecule has 0 aliphatic rings. The van der Waals surface area contributed by atoms with Crippen molar-refractivity contribution < 1.29 is 14.6 Å². The van der Waals surface area contributed by atoms with E-state index in [4.69, 9.17) is 0 Å². The van der Waals surface area contributed by atoms with E-state index in [1.54, 1.807) is 7.05 Å². The summed E-state index contributed by atoms with van der Waals surface area (Å²) < 4.78 is 4.47. The van der Waals surface area contributed by atoms with Gasteiger partial charge in [-0.15, -0.1) is 0 Å². The molecule has 0 aromatic carbocycles. The molecule has 0 bridgehead atoms. The lowest BCUT2D eigenvalue weighted by Gasteiger charge is -2.19. The van der Waals surface area contributed by atoms with Gasteiger partial charge in [0, 0.05) is 0 Å². The molecule has 0 amide bonds. The van der Waals surface area contributed by atoms with Crippen LogP contribution in [0.4, 0.5) is 0 Å². The molecule has 0 aliphatic carbocycles. The van der Waals surface area contributed by atoms with Gasteiger partial charge in [-0.25, -0.2) is 4.79 Å². The Morgan fingerprint density at radius 3 is 2.28 bits per heavy atom. The molecule has 5 heteroatoms. The first-order valence-corrected chi connectivity index (χ1v) is 7.10. The van der Waals surface area contributed by atoms with E-state index in [0.29, 0.717) is 0 Å². The van der Waals surface area contributed by atoms with Crippen molar-refractivity contribution in [2.24, 2.45) is 0 Å². The fraction of sp³-hybridized carbons (Fsp3) is 0.615. The predicted octanol–water partition coefficient (Wildman–Crippen LogP) is 2.59. The highest BCUT2D eigenvalue weighted by Crippen LogP contribution is 2.19. The minimum Gasteiger partial charge on any atom is -0.467 e. The van der Waals surface area contributed by atoms with Crippen LogP contribution in [0.15, 0.2) is 16.8 Å². The van der Waals surface area contributed by atoms with Gasteiger partial charge in [0.05, 0.1) is 13.2 Å². The van der Waals surface area contributed by atoms with Crippen LogP contribution in [0.5, 0.6) is 0 Å². The topological polar surface area (TPSA) is 58.6 Å². The Kier molecular flexibility index (Phi) is 13.5. The zero-order valence-electron chi connectivity index (χ0n) is 12.1. The number of thiophene rings is 1. The number of likely N-dealkylation sites (N-methyl/N-ethyl adjacent to an activating group) is 1. The lowest BCUT2D eigenvalue weighted by molar-refractivity contribution is -0.152. The molecular formula is C13H25NO3S. The van der Waals surface area contributed by atoms with E-state index in [2.05, 4.69) is 10.1 Å². The van der Waals surface area contributed by atoms with E-state index >= 15 is 0 Å². The van der Waals surface area contributed by atoms with Gasteiger partial charge in [0.1, 0.15) is 0 Å². The average Bonchev–Trinajstić information content (AvgIpc) is 2.97. The van der Waals surface area contributed by atoms with E-state index in [1.807, 2.05) is 44.5 Å². The maximum absolute atomic E-state index is 11.1. The largest absolute Gasteiger partial charge is 0.467 e. The average molecular weight is 275 g/mol. The van der Waals surface area contributed by atoms with Crippen LogP contribution in [-0.4, -0.2) is 31.3 Å². The molecule has 106 valence electrons. The Labute approximate surface area is 114 Å². The number of hydrogen-bond donors (Lipinski definition) is 2. The van der Waals surface area contributed by atoms with Crippen molar-refractivity contribution in [3.05, 3.63) is 22.4 Å². The van der Waals surface area contributed by atoms with Crippen LogP contribution in [0.3, 0.4) is 0 Å². The molecule has 1 heterocycles. The minimum absolute atomic E-state index is 0.409. The standard InChI is InChI=1S/C9H13NO3S.2C2H6/c1-10-7(6-3-4-14-5-6)8(11)9(12)13-2;2*1-2/h3-5,7-8,10-11H,1-2H3;2*1-2H3. The quantitative estimate of drug-likeness (QED) is 0.829. The van der Waals surface area contributed by atoms with E-state index in [0.717, 1.165) is 5.56 Å². The summed E-state index contributed by atoms with van der Waals surface area (Å²) >= 11 is 1.52. The second-order valence-corrected chi connectivity index (χ2v) is 3.57. The molecule has 2 unspecified atom stereocenters. The fourth-order valence-corrected chi connectivity index (χ4v) is 1.91. The molecule has 0 saturated heterocycles. The lowest BCUT2D eigenvalue weighted by Crippen LogP contribution is -2.36. The number of rotatable bonds is 4. The summed E-state index contributed by atoms with van der Waals surface area (Å²) in [5.74, 6) is -0.629. The smallest absolute Gasteiger partial charge is 0.336 e. The number of carbonyl (C=O) groups excluding carboxylic acids is 1. The van der Waals surface area contributed by atoms with Crippen molar-refractivity contribution in [1.29, 1.82) is 0 Å². The molecule has 0 radical (unpaired) electrons. The van der Waals surface area contributed by atoms with Crippen LogP contribution in [0.1, 0.15) is 39.3 Å². The van der Waals surface area contributed by atoms with Gasteiger partial charge in [-0.05, 0) is 29.4 Å². The summed E-state index contributed by atoms with van der Waals surface area (Å²) in [5, 5.41) is 16.3. The first-order valence-electron chi connectivity index (χ1n) is 6.16. The molecule has 1 aromatic rings. The summed E-state index contributed by atoms with van der Waals surface area (Å²) in [6.07, 6.45) is -1.17. The minimum atomic E-state index is -1.17. The molecule has 0 saturated carbocycles. The molecule has 4 nitrogen and oxygen atoms in total. The number of ether oxygens (including phenoxy) is 1. The molecule has 2 N–H and O–H groups in total. The van der Waals surface area contributed by atoms with E-state index in [1.165, 1.54) is 18.4 Å². The molecule has 0 aliphatic heterocycles. The number of nitrogens with one attached hydrogen (secondary N) is 1. The van der Waals surface area contributed by atoms with Gasteiger partial charge in [0.25, 0.3) is 0 Å². The SMILES string of the molecule is CC.CC.CNC(c1ccsc1)C(O)C(=O)OC.